The number of ether oxygens (including phenoxy) is 1. The number of nitrogens with one attached hydrogen (secondary N) is 1. The number of benzene rings is 2. The van der Waals surface area contributed by atoms with Crippen molar-refractivity contribution in [2.45, 2.75) is 33.4 Å². The molecule has 0 fully saturated rings. The number of rotatable bonds is 9. The van der Waals surface area contributed by atoms with Crippen LogP contribution in [0.5, 0.6) is 5.75 Å². The van der Waals surface area contributed by atoms with E-state index in [1.54, 1.807) is 43.3 Å². The van der Waals surface area contributed by atoms with Gasteiger partial charge in [0.2, 0.25) is 5.91 Å². The second-order valence-electron chi connectivity index (χ2n) is 7.21. The maximum Gasteiger partial charge on any atom is 0.261 e. The molecule has 0 saturated carbocycles. The average Bonchev–Trinajstić information content (AvgIpc) is 2.69. The van der Waals surface area contributed by atoms with Crippen molar-refractivity contribution < 1.29 is 14.3 Å². The third kappa shape index (κ3) is 7.59. The van der Waals surface area contributed by atoms with E-state index in [0.29, 0.717) is 28.3 Å². The molecule has 0 heterocycles. The van der Waals surface area contributed by atoms with Crippen LogP contribution in [0.15, 0.2) is 48.5 Å². The van der Waals surface area contributed by atoms with Crippen LogP contribution in [-0.2, 0) is 16.1 Å². The van der Waals surface area contributed by atoms with E-state index in [1.807, 2.05) is 26.0 Å². The summed E-state index contributed by atoms with van der Waals surface area (Å²) >= 11 is 11.9. The van der Waals surface area contributed by atoms with Crippen molar-refractivity contribution >= 4 is 35.0 Å². The van der Waals surface area contributed by atoms with E-state index in [0.717, 1.165) is 5.56 Å². The fourth-order valence-electron chi connectivity index (χ4n) is 2.63. The summed E-state index contributed by atoms with van der Waals surface area (Å²) in [6.07, 6.45) is 0. The Labute approximate surface area is 181 Å². The topological polar surface area (TPSA) is 58.6 Å². The van der Waals surface area contributed by atoms with Crippen LogP contribution in [0.3, 0.4) is 0 Å². The third-order valence-corrected chi connectivity index (χ3v) is 4.76. The van der Waals surface area contributed by atoms with E-state index in [-0.39, 0.29) is 25.0 Å². The Morgan fingerprint density at radius 3 is 2.34 bits per heavy atom. The lowest BCUT2D eigenvalue weighted by Crippen LogP contribution is -2.49. The molecule has 5 nitrogen and oxygen atoms in total. The van der Waals surface area contributed by atoms with Crippen molar-refractivity contribution in [2.24, 2.45) is 5.92 Å². The Morgan fingerprint density at radius 2 is 1.72 bits per heavy atom. The molecule has 0 aliphatic rings. The summed E-state index contributed by atoms with van der Waals surface area (Å²) in [5.41, 5.74) is 0.834. The van der Waals surface area contributed by atoms with Gasteiger partial charge in [0, 0.05) is 23.1 Å². The number of carbonyl (C=O) groups is 2. The number of amides is 2. The van der Waals surface area contributed by atoms with E-state index in [2.05, 4.69) is 5.32 Å². The molecule has 7 heteroatoms. The Morgan fingerprint density at radius 1 is 1.03 bits per heavy atom. The minimum absolute atomic E-state index is 0.190. The van der Waals surface area contributed by atoms with E-state index >= 15 is 0 Å². The summed E-state index contributed by atoms with van der Waals surface area (Å²) < 4.78 is 5.59. The maximum absolute atomic E-state index is 12.9. The fraction of sp³-hybridized carbons (Fsp3) is 0.364. The van der Waals surface area contributed by atoms with Gasteiger partial charge in [-0.15, -0.1) is 0 Å². The number of hydrogen-bond acceptors (Lipinski definition) is 3. The third-order valence-electron chi connectivity index (χ3n) is 4.27. The molecule has 2 amide bonds. The number of nitrogens with zero attached hydrogens (tertiary/aromatic N) is 1. The first kappa shape index (κ1) is 23.0. The number of hydrogen-bond donors (Lipinski definition) is 1. The first-order chi connectivity index (χ1) is 13.8. The van der Waals surface area contributed by atoms with Gasteiger partial charge in [-0.2, -0.15) is 0 Å². The predicted octanol–water partition coefficient (Wildman–Crippen LogP) is 4.56. The van der Waals surface area contributed by atoms with Crippen LogP contribution in [0.4, 0.5) is 0 Å². The van der Waals surface area contributed by atoms with E-state index < -0.39 is 6.04 Å². The molecular weight excluding hydrogens is 411 g/mol. The van der Waals surface area contributed by atoms with Gasteiger partial charge >= 0.3 is 0 Å². The van der Waals surface area contributed by atoms with Crippen LogP contribution in [0.2, 0.25) is 10.0 Å². The molecule has 2 aromatic carbocycles. The zero-order valence-corrected chi connectivity index (χ0v) is 18.3. The van der Waals surface area contributed by atoms with Crippen LogP contribution in [0.25, 0.3) is 0 Å². The lowest BCUT2D eigenvalue weighted by Gasteiger charge is -2.29. The molecule has 156 valence electrons. The van der Waals surface area contributed by atoms with Crippen LogP contribution in [0, 0.1) is 5.92 Å². The highest BCUT2D eigenvalue weighted by molar-refractivity contribution is 6.30. The molecule has 0 saturated heterocycles. The average molecular weight is 437 g/mol. The SMILES string of the molecule is CC(C)CNC(=O)C(C)N(Cc1cccc(Cl)c1)C(=O)COc1ccc(Cl)cc1. The van der Waals surface area contributed by atoms with Crippen molar-refractivity contribution in [3.8, 4) is 5.75 Å². The molecular formula is C22H26Cl2N2O3. The fourth-order valence-corrected chi connectivity index (χ4v) is 2.96. The number of carbonyl (C=O) groups excluding carboxylic acids is 2. The summed E-state index contributed by atoms with van der Waals surface area (Å²) in [6, 6.07) is 13.3. The second-order valence-corrected chi connectivity index (χ2v) is 8.08. The van der Waals surface area contributed by atoms with Crippen LogP contribution in [0.1, 0.15) is 26.3 Å². The monoisotopic (exact) mass is 436 g/mol. The van der Waals surface area contributed by atoms with Gasteiger partial charge in [-0.1, -0.05) is 49.2 Å². The predicted molar refractivity (Wildman–Crippen MR) is 116 cm³/mol. The molecule has 0 radical (unpaired) electrons. The Balaban J connectivity index is 2.12. The van der Waals surface area contributed by atoms with E-state index in [4.69, 9.17) is 27.9 Å². The Bertz CT molecular complexity index is 825. The van der Waals surface area contributed by atoms with Gasteiger partial charge in [0.1, 0.15) is 11.8 Å². The van der Waals surface area contributed by atoms with Crippen molar-refractivity contribution in [1.29, 1.82) is 0 Å². The van der Waals surface area contributed by atoms with Gasteiger partial charge in [-0.25, -0.2) is 0 Å². The normalized spacial score (nSPS) is 11.8. The summed E-state index contributed by atoms with van der Waals surface area (Å²) in [4.78, 5) is 27.0. The first-order valence-corrected chi connectivity index (χ1v) is 10.2. The molecule has 29 heavy (non-hydrogen) atoms. The van der Waals surface area contributed by atoms with Crippen molar-refractivity contribution in [3.63, 3.8) is 0 Å². The highest BCUT2D eigenvalue weighted by Gasteiger charge is 2.26. The minimum atomic E-state index is -0.658. The second kappa shape index (κ2) is 11.1. The van der Waals surface area contributed by atoms with Gasteiger partial charge in [-0.3, -0.25) is 9.59 Å². The molecule has 0 bridgehead atoms. The summed E-state index contributed by atoms with van der Waals surface area (Å²) in [7, 11) is 0. The molecule has 0 aromatic heterocycles. The lowest BCUT2D eigenvalue weighted by molar-refractivity contribution is -0.142. The minimum Gasteiger partial charge on any atom is -0.484 e. The Hall–Kier alpha value is -2.24. The van der Waals surface area contributed by atoms with Gasteiger partial charge in [0.05, 0.1) is 0 Å². The van der Waals surface area contributed by atoms with Crippen molar-refractivity contribution in [3.05, 3.63) is 64.1 Å². The highest BCUT2D eigenvalue weighted by atomic mass is 35.5. The quantitative estimate of drug-likeness (QED) is 0.626. The Kier molecular flexibility index (Phi) is 8.80. The highest BCUT2D eigenvalue weighted by Crippen LogP contribution is 2.17. The van der Waals surface area contributed by atoms with Crippen LogP contribution in [-0.4, -0.2) is 35.9 Å². The molecule has 0 spiro atoms. The standard InChI is InChI=1S/C22H26Cl2N2O3/c1-15(2)12-25-22(28)16(3)26(13-17-5-4-6-19(24)11-17)21(27)14-29-20-9-7-18(23)8-10-20/h4-11,15-16H,12-14H2,1-3H3,(H,25,28). The molecule has 2 rings (SSSR count). The lowest BCUT2D eigenvalue weighted by atomic mass is 10.1. The first-order valence-electron chi connectivity index (χ1n) is 9.46. The van der Waals surface area contributed by atoms with Crippen molar-refractivity contribution in [2.75, 3.05) is 13.2 Å². The maximum atomic E-state index is 12.9. The summed E-state index contributed by atoms with van der Waals surface area (Å²) in [5, 5.41) is 4.04. The number of halogens is 2. The zero-order valence-electron chi connectivity index (χ0n) is 16.8. The van der Waals surface area contributed by atoms with Gasteiger partial charge < -0.3 is 15.0 Å². The zero-order chi connectivity index (χ0) is 21.4. The van der Waals surface area contributed by atoms with Crippen LogP contribution >= 0.6 is 23.2 Å². The smallest absolute Gasteiger partial charge is 0.261 e. The van der Waals surface area contributed by atoms with E-state index in [1.165, 1.54) is 4.90 Å². The van der Waals surface area contributed by atoms with Gasteiger partial charge in [-0.05, 0) is 54.8 Å². The van der Waals surface area contributed by atoms with Crippen molar-refractivity contribution in [1.82, 2.24) is 10.2 Å². The molecule has 1 unspecified atom stereocenters. The molecule has 0 aliphatic carbocycles. The van der Waals surface area contributed by atoms with Gasteiger partial charge in [0.15, 0.2) is 6.61 Å². The largest absolute Gasteiger partial charge is 0.484 e. The molecule has 1 N–H and O–H groups in total. The molecule has 0 aliphatic heterocycles. The molecule has 1 atom stereocenters. The summed E-state index contributed by atoms with van der Waals surface area (Å²) in [5.74, 6) is 0.339. The van der Waals surface area contributed by atoms with Crippen LogP contribution < -0.4 is 10.1 Å². The molecule has 2 aromatic rings. The van der Waals surface area contributed by atoms with E-state index in [9.17, 15) is 9.59 Å². The van der Waals surface area contributed by atoms with Gasteiger partial charge in [0.25, 0.3) is 5.91 Å². The summed E-state index contributed by atoms with van der Waals surface area (Å²) in [6.45, 7) is 6.34.